The zero-order valence-electron chi connectivity index (χ0n) is 11.3. The Bertz CT molecular complexity index is 539. The summed E-state index contributed by atoms with van der Waals surface area (Å²) in [4.78, 5) is 5.47. The van der Waals surface area contributed by atoms with Crippen LogP contribution in [-0.4, -0.2) is 25.2 Å². The Morgan fingerprint density at radius 3 is 2.89 bits per heavy atom. The van der Waals surface area contributed by atoms with Crippen LogP contribution in [0.1, 0.15) is 11.3 Å². The second-order valence-corrected chi connectivity index (χ2v) is 5.10. The summed E-state index contributed by atoms with van der Waals surface area (Å²) in [6.07, 6.45) is 0. The van der Waals surface area contributed by atoms with Crippen molar-refractivity contribution in [3.05, 3.63) is 35.0 Å². The minimum absolute atomic E-state index is 0.483. The first-order chi connectivity index (χ1) is 9.26. The summed E-state index contributed by atoms with van der Waals surface area (Å²) >= 11 is 1.64. The van der Waals surface area contributed by atoms with Crippen LogP contribution in [0.5, 0.6) is 5.75 Å². The number of ether oxygens (including phenoxy) is 1. The van der Waals surface area contributed by atoms with Crippen molar-refractivity contribution in [1.82, 2.24) is 10.3 Å². The van der Waals surface area contributed by atoms with Crippen LogP contribution in [0.15, 0.2) is 23.7 Å². The average molecular weight is 277 g/mol. The highest BCUT2D eigenvalue weighted by Crippen LogP contribution is 2.31. The molecular formula is C14H19N3OS. The molecule has 0 saturated heterocycles. The molecule has 0 aliphatic carbocycles. The molecule has 2 aromatic rings. The topological polar surface area (TPSA) is 60.2 Å². The van der Waals surface area contributed by atoms with Gasteiger partial charge in [0, 0.05) is 18.7 Å². The van der Waals surface area contributed by atoms with Crippen molar-refractivity contribution in [2.75, 3.05) is 20.2 Å². The number of aryl methyl sites for hydroxylation is 1. The predicted octanol–water partition coefficient (Wildman–Crippen LogP) is 2.18. The van der Waals surface area contributed by atoms with Gasteiger partial charge in [-0.2, -0.15) is 0 Å². The lowest BCUT2D eigenvalue weighted by atomic mass is 10.1. The first-order valence-corrected chi connectivity index (χ1v) is 7.15. The van der Waals surface area contributed by atoms with Crippen molar-refractivity contribution in [1.29, 1.82) is 0 Å². The number of nitrogens with zero attached hydrogens (tertiary/aromatic N) is 1. The number of hydrogen-bond donors (Lipinski definition) is 2. The minimum atomic E-state index is 0.483. The van der Waals surface area contributed by atoms with E-state index in [-0.39, 0.29) is 0 Å². The summed E-state index contributed by atoms with van der Waals surface area (Å²) in [5, 5.41) is 3.06. The number of rotatable bonds is 6. The summed E-state index contributed by atoms with van der Waals surface area (Å²) in [5.74, 6) is 0.864. The fourth-order valence-corrected chi connectivity index (χ4v) is 2.64. The second-order valence-electron chi connectivity index (χ2n) is 4.25. The Hall–Kier alpha value is -1.43. The van der Waals surface area contributed by atoms with Crippen molar-refractivity contribution in [2.24, 2.45) is 5.73 Å². The Morgan fingerprint density at radius 1 is 1.42 bits per heavy atom. The largest absolute Gasteiger partial charge is 0.492 e. The molecule has 0 aliphatic rings. The number of thiazole rings is 1. The van der Waals surface area contributed by atoms with Gasteiger partial charge in [0.1, 0.15) is 12.4 Å². The van der Waals surface area contributed by atoms with Crippen molar-refractivity contribution in [2.45, 2.75) is 13.5 Å². The molecule has 0 amide bonds. The van der Waals surface area contributed by atoms with Gasteiger partial charge in [-0.15, -0.1) is 11.3 Å². The van der Waals surface area contributed by atoms with Crippen LogP contribution in [-0.2, 0) is 6.54 Å². The summed E-state index contributed by atoms with van der Waals surface area (Å²) in [6.45, 7) is 3.95. The van der Waals surface area contributed by atoms with E-state index in [1.165, 1.54) is 4.88 Å². The monoisotopic (exact) mass is 277 g/mol. The third-order valence-corrected chi connectivity index (χ3v) is 3.88. The molecule has 0 aliphatic heterocycles. The van der Waals surface area contributed by atoms with Gasteiger partial charge in [0.05, 0.1) is 16.1 Å². The molecule has 0 atom stereocenters. The van der Waals surface area contributed by atoms with Crippen LogP contribution in [0.25, 0.3) is 10.4 Å². The molecule has 0 saturated carbocycles. The van der Waals surface area contributed by atoms with Crippen molar-refractivity contribution in [3.63, 3.8) is 0 Å². The quantitative estimate of drug-likeness (QED) is 0.795. The molecule has 0 bridgehead atoms. The predicted molar refractivity (Wildman–Crippen MR) is 79.6 cm³/mol. The number of nitrogens with one attached hydrogen (secondary N) is 1. The third-order valence-electron chi connectivity index (χ3n) is 2.90. The lowest BCUT2D eigenvalue weighted by molar-refractivity contribution is 0.315. The third kappa shape index (κ3) is 3.32. The van der Waals surface area contributed by atoms with E-state index in [0.717, 1.165) is 29.1 Å². The number of benzene rings is 1. The molecule has 0 unspecified atom stereocenters. The van der Waals surface area contributed by atoms with E-state index in [9.17, 15) is 0 Å². The maximum absolute atomic E-state index is 5.79. The highest BCUT2D eigenvalue weighted by atomic mass is 32.1. The van der Waals surface area contributed by atoms with Gasteiger partial charge in [0.2, 0.25) is 0 Å². The molecular weight excluding hydrogens is 258 g/mol. The van der Waals surface area contributed by atoms with E-state index in [4.69, 9.17) is 10.5 Å². The normalized spacial score (nSPS) is 10.7. The average Bonchev–Trinajstić information content (AvgIpc) is 2.85. The number of aromatic nitrogens is 1. The molecule has 3 N–H and O–H groups in total. The molecule has 1 aromatic heterocycles. The van der Waals surface area contributed by atoms with Gasteiger partial charge in [0.15, 0.2) is 0 Å². The van der Waals surface area contributed by atoms with E-state index >= 15 is 0 Å². The fraction of sp³-hybridized carbons (Fsp3) is 0.357. The molecule has 4 nitrogen and oxygen atoms in total. The number of nitrogens with two attached hydrogens (primary N) is 1. The number of likely N-dealkylation sites (N-methyl/N-ethyl adjacent to an activating group) is 1. The molecule has 1 heterocycles. The van der Waals surface area contributed by atoms with Gasteiger partial charge in [-0.1, -0.05) is 12.1 Å². The van der Waals surface area contributed by atoms with Crippen LogP contribution < -0.4 is 15.8 Å². The van der Waals surface area contributed by atoms with Gasteiger partial charge >= 0.3 is 0 Å². The van der Waals surface area contributed by atoms with Crippen molar-refractivity contribution in [3.8, 4) is 16.2 Å². The highest BCUT2D eigenvalue weighted by molar-refractivity contribution is 7.13. The van der Waals surface area contributed by atoms with E-state index in [1.54, 1.807) is 11.3 Å². The zero-order valence-corrected chi connectivity index (χ0v) is 12.1. The van der Waals surface area contributed by atoms with E-state index in [0.29, 0.717) is 13.2 Å². The first-order valence-electron chi connectivity index (χ1n) is 6.27. The fourth-order valence-electron chi connectivity index (χ4n) is 1.84. The van der Waals surface area contributed by atoms with E-state index in [1.807, 2.05) is 25.5 Å². The van der Waals surface area contributed by atoms with Gasteiger partial charge in [-0.25, -0.2) is 4.98 Å². The van der Waals surface area contributed by atoms with Crippen molar-refractivity contribution < 1.29 is 4.74 Å². The summed E-state index contributed by atoms with van der Waals surface area (Å²) in [5.41, 5.74) is 10.8. The SMILES string of the molecule is CNCCOc1cc(-c2scnc2C)ccc1CN. The van der Waals surface area contributed by atoms with E-state index < -0.39 is 0 Å². The van der Waals surface area contributed by atoms with Crippen LogP contribution in [0.2, 0.25) is 0 Å². The number of hydrogen-bond acceptors (Lipinski definition) is 5. The summed E-state index contributed by atoms with van der Waals surface area (Å²) in [7, 11) is 1.91. The lowest BCUT2D eigenvalue weighted by Crippen LogP contribution is -2.16. The standard InChI is InChI=1S/C14H19N3OS/c1-10-14(19-9-17-10)11-3-4-12(8-15)13(7-11)18-6-5-16-2/h3-4,7,9,16H,5-6,8,15H2,1-2H3. The maximum atomic E-state index is 5.79. The Labute approximate surface area is 117 Å². The summed E-state index contributed by atoms with van der Waals surface area (Å²) < 4.78 is 5.79. The van der Waals surface area contributed by atoms with Crippen LogP contribution in [0, 0.1) is 6.92 Å². The minimum Gasteiger partial charge on any atom is -0.492 e. The van der Waals surface area contributed by atoms with Crippen molar-refractivity contribution >= 4 is 11.3 Å². The lowest BCUT2D eigenvalue weighted by Gasteiger charge is -2.12. The van der Waals surface area contributed by atoms with Crippen LogP contribution in [0.4, 0.5) is 0 Å². The van der Waals surface area contributed by atoms with Gasteiger partial charge in [-0.3, -0.25) is 0 Å². The Morgan fingerprint density at radius 2 is 2.26 bits per heavy atom. The molecule has 0 radical (unpaired) electrons. The Kier molecular flexibility index (Phi) is 4.90. The first kappa shape index (κ1) is 14.0. The molecule has 5 heteroatoms. The molecule has 19 heavy (non-hydrogen) atoms. The van der Waals surface area contributed by atoms with Crippen LogP contribution >= 0.6 is 11.3 Å². The smallest absolute Gasteiger partial charge is 0.124 e. The molecule has 0 spiro atoms. The zero-order chi connectivity index (χ0) is 13.7. The summed E-state index contributed by atoms with van der Waals surface area (Å²) in [6, 6.07) is 6.16. The molecule has 1 aromatic carbocycles. The van der Waals surface area contributed by atoms with Gasteiger partial charge < -0.3 is 15.8 Å². The van der Waals surface area contributed by atoms with Crippen LogP contribution in [0.3, 0.4) is 0 Å². The molecule has 0 fully saturated rings. The highest BCUT2D eigenvalue weighted by Gasteiger charge is 2.09. The second kappa shape index (κ2) is 6.65. The Balaban J connectivity index is 2.27. The van der Waals surface area contributed by atoms with Gasteiger partial charge in [0.25, 0.3) is 0 Å². The van der Waals surface area contributed by atoms with Gasteiger partial charge in [-0.05, 0) is 25.6 Å². The van der Waals surface area contributed by atoms with E-state index in [2.05, 4.69) is 22.4 Å². The molecule has 2 rings (SSSR count). The maximum Gasteiger partial charge on any atom is 0.124 e. The molecule has 102 valence electrons.